The summed E-state index contributed by atoms with van der Waals surface area (Å²) in [6, 6.07) is 9.50. The van der Waals surface area contributed by atoms with Gasteiger partial charge in [0.25, 0.3) is 5.69 Å². The van der Waals surface area contributed by atoms with Gasteiger partial charge in [-0.15, -0.1) is 0 Å². The van der Waals surface area contributed by atoms with E-state index in [0.717, 1.165) is 0 Å². The zero-order chi connectivity index (χ0) is 14.7. The van der Waals surface area contributed by atoms with Crippen LogP contribution in [-0.2, 0) is 6.54 Å². The standard InChI is InChI=1S/C13H9Cl3N2O2/c14-8-4-5-11(16)12(6-8)17-7-9-10(15)2-1-3-13(9)18(19)20/h1-6,17H,7H2. The van der Waals surface area contributed by atoms with Crippen LogP contribution in [0.3, 0.4) is 0 Å². The quantitative estimate of drug-likeness (QED) is 0.621. The van der Waals surface area contributed by atoms with Crippen LogP contribution in [-0.4, -0.2) is 4.92 Å². The number of hydrogen-bond donors (Lipinski definition) is 1. The second-order valence-electron chi connectivity index (χ2n) is 3.97. The molecule has 0 spiro atoms. The SMILES string of the molecule is O=[N+]([O-])c1cccc(Cl)c1CNc1cc(Cl)ccc1Cl. The van der Waals surface area contributed by atoms with E-state index < -0.39 is 4.92 Å². The molecule has 0 aromatic heterocycles. The van der Waals surface area contributed by atoms with Crippen LogP contribution in [0.25, 0.3) is 0 Å². The first kappa shape index (κ1) is 14.9. The third-order valence-corrected chi connectivity index (χ3v) is 3.59. The molecule has 0 amide bonds. The van der Waals surface area contributed by atoms with Crippen LogP contribution in [0.5, 0.6) is 0 Å². The Morgan fingerprint density at radius 1 is 1.10 bits per heavy atom. The predicted octanol–water partition coefficient (Wildman–Crippen LogP) is 5.17. The Kier molecular flexibility index (Phi) is 4.70. The van der Waals surface area contributed by atoms with E-state index in [-0.39, 0.29) is 12.2 Å². The van der Waals surface area contributed by atoms with Gasteiger partial charge in [-0.05, 0) is 24.3 Å². The molecule has 0 unspecified atom stereocenters. The van der Waals surface area contributed by atoms with Crippen LogP contribution in [0.15, 0.2) is 36.4 Å². The highest BCUT2D eigenvalue weighted by atomic mass is 35.5. The molecule has 0 saturated heterocycles. The molecule has 0 fully saturated rings. The molecule has 7 heteroatoms. The van der Waals surface area contributed by atoms with Gasteiger partial charge in [0.1, 0.15) is 0 Å². The van der Waals surface area contributed by atoms with Crippen molar-refractivity contribution in [2.45, 2.75) is 6.54 Å². The van der Waals surface area contributed by atoms with E-state index in [4.69, 9.17) is 34.8 Å². The molecule has 2 aromatic carbocycles. The van der Waals surface area contributed by atoms with Gasteiger partial charge in [-0.25, -0.2) is 0 Å². The monoisotopic (exact) mass is 330 g/mol. The number of nitrogens with one attached hydrogen (secondary N) is 1. The average molecular weight is 332 g/mol. The summed E-state index contributed by atoms with van der Waals surface area (Å²) < 4.78 is 0. The maximum Gasteiger partial charge on any atom is 0.275 e. The highest BCUT2D eigenvalue weighted by molar-refractivity contribution is 6.35. The molecule has 20 heavy (non-hydrogen) atoms. The second-order valence-corrected chi connectivity index (χ2v) is 5.22. The van der Waals surface area contributed by atoms with E-state index in [1.54, 1.807) is 24.3 Å². The smallest absolute Gasteiger partial charge is 0.275 e. The van der Waals surface area contributed by atoms with Crippen LogP contribution in [0.4, 0.5) is 11.4 Å². The van der Waals surface area contributed by atoms with E-state index in [1.807, 2.05) is 0 Å². The molecule has 0 heterocycles. The summed E-state index contributed by atoms with van der Waals surface area (Å²) in [7, 11) is 0. The number of nitrogens with zero attached hydrogens (tertiary/aromatic N) is 1. The first-order valence-electron chi connectivity index (χ1n) is 5.59. The van der Waals surface area contributed by atoms with Crippen LogP contribution < -0.4 is 5.32 Å². The molecule has 104 valence electrons. The van der Waals surface area contributed by atoms with Gasteiger partial charge in [-0.1, -0.05) is 40.9 Å². The Labute approximate surface area is 130 Å². The summed E-state index contributed by atoms with van der Waals surface area (Å²) >= 11 is 17.9. The van der Waals surface area contributed by atoms with Crippen molar-refractivity contribution in [3.8, 4) is 0 Å². The lowest BCUT2D eigenvalue weighted by atomic mass is 10.1. The van der Waals surface area contributed by atoms with Gasteiger partial charge in [-0.2, -0.15) is 0 Å². The predicted molar refractivity (Wildman–Crippen MR) is 81.9 cm³/mol. The third kappa shape index (κ3) is 3.33. The van der Waals surface area contributed by atoms with Gasteiger partial charge in [-0.3, -0.25) is 10.1 Å². The summed E-state index contributed by atoms with van der Waals surface area (Å²) in [6.07, 6.45) is 0. The molecule has 1 N–H and O–H groups in total. The maximum absolute atomic E-state index is 11.0. The normalized spacial score (nSPS) is 10.3. The Morgan fingerprint density at radius 3 is 2.55 bits per heavy atom. The van der Waals surface area contributed by atoms with Crippen molar-refractivity contribution in [2.75, 3.05) is 5.32 Å². The van der Waals surface area contributed by atoms with Gasteiger partial charge >= 0.3 is 0 Å². The highest BCUT2D eigenvalue weighted by Crippen LogP contribution is 2.30. The molecule has 0 aliphatic carbocycles. The molecular weight excluding hydrogens is 323 g/mol. The number of anilines is 1. The number of benzene rings is 2. The molecule has 4 nitrogen and oxygen atoms in total. The Morgan fingerprint density at radius 2 is 1.85 bits per heavy atom. The van der Waals surface area contributed by atoms with Crippen LogP contribution in [0.1, 0.15) is 5.56 Å². The van der Waals surface area contributed by atoms with E-state index in [1.165, 1.54) is 12.1 Å². The second kappa shape index (κ2) is 6.31. The number of hydrogen-bond acceptors (Lipinski definition) is 3. The van der Waals surface area contributed by atoms with Crippen molar-refractivity contribution in [3.05, 3.63) is 67.1 Å². The first-order valence-corrected chi connectivity index (χ1v) is 6.73. The van der Waals surface area contributed by atoms with Gasteiger partial charge in [0.2, 0.25) is 0 Å². The van der Waals surface area contributed by atoms with Crippen molar-refractivity contribution >= 4 is 46.2 Å². The van der Waals surface area contributed by atoms with Crippen LogP contribution in [0.2, 0.25) is 15.1 Å². The summed E-state index contributed by atoms with van der Waals surface area (Å²) in [5, 5.41) is 15.3. The van der Waals surface area contributed by atoms with Crippen molar-refractivity contribution in [3.63, 3.8) is 0 Å². The molecule has 0 aliphatic heterocycles. The Bertz CT molecular complexity index is 662. The largest absolute Gasteiger partial charge is 0.379 e. The Hall–Kier alpha value is -1.49. The summed E-state index contributed by atoms with van der Waals surface area (Å²) in [6.45, 7) is 0.177. The van der Waals surface area contributed by atoms with Crippen LogP contribution >= 0.6 is 34.8 Å². The molecule has 0 aliphatic rings. The van der Waals surface area contributed by atoms with Gasteiger partial charge in [0, 0.05) is 17.6 Å². The van der Waals surface area contributed by atoms with Gasteiger partial charge in [0.15, 0.2) is 0 Å². The third-order valence-electron chi connectivity index (χ3n) is 2.67. The summed E-state index contributed by atoms with van der Waals surface area (Å²) in [5.41, 5.74) is 0.951. The van der Waals surface area contributed by atoms with Crippen molar-refractivity contribution < 1.29 is 4.92 Å². The van der Waals surface area contributed by atoms with E-state index in [2.05, 4.69) is 5.32 Å². The lowest BCUT2D eigenvalue weighted by Crippen LogP contribution is -2.04. The fourth-order valence-corrected chi connectivity index (χ4v) is 2.30. The van der Waals surface area contributed by atoms with E-state index in [0.29, 0.717) is 26.3 Å². The fourth-order valence-electron chi connectivity index (χ4n) is 1.71. The summed E-state index contributed by atoms with van der Waals surface area (Å²) in [4.78, 5) is 10.5. The molecule has 0 atom stereocenters. The lowest BCUT2D eigenvalue weighted by molar-refractivity contribution is -0.385. The molecule has 0 saturated carbocycles. The minimum Gasteiger partial charge on any atom is -0.379 e. The topological polar surface area (TPSA) is 55.2 Å². The molecule has 2 rings (SSSR count). The first-order chi connectivity index (χ1) is 9.49. The number of nitro benzene ring substituents is 1. The van der Waals surface area contributed by atoms with Crippen molar-refractivity contribution in [2.24, 2.45) is 0 Å². The zero-order valence-corrected chi connectivity index (χ0v) is 12.3. The lowest BCUT2D eigenvalue weighted by Gasteiger charge is -2.10. The average Bonchev–Trinajstić information content (AvgIpc) is 2.40. The number of rotatable bonds is 4. The van der Waals surface area contributed by atoms with Crippen molar-refractivity contribution in [1.82, 2.24) is 0 Å². The Balaban J connectivity index is 2.27. The van der Waals surface area contributed by atoms with E-state index in [9.17, 15) is 10.1 Å². The van der Waals surface area contributed by atoms with Crippen molar-refractivity contribution in [1.29, 1.82) is 0 Å². The van der Waals surface area contributed by atoms with E-state index >= 15 is 0 Å². The zero-order valence-electron chi connectivity index (χ0n) is 10.1. The van der Waals surface area contributed by atoms with Gasteiger partial charge < -0.3 is 5.32 Å². The molecule has 0 bridgehead atoms. The molecule has 0 radical (unpaired) electrons. The number of halogens is 3. The molecule has 2 aromatic rings. The molecular formula is C13H9Cl3N2O2. The maximum atomic E-state index is 11.0. The fraction of sp³-hybridized carbons (Fsp3) is 0.0769. The minimum absolute atomic E-state index is 0.0387. The minimum atomic E-state index is -0.470. The van der Waals surface area contributed by atoms with Crippen LogP contribution in [0, 0.1) is 10.1 Å². The summed E-state index contributed by atoms with van der Waals surface area (Å²) in [5.74, 6) is 0. The van der Waals surface area contributed by atoms with Gasteiger partial charge in [0.05, 0.1) is 26.2 Å². The highest BCUT2D eigenvalue weighted by Gasteiger charge is 2.16. The number of nitro groups is 1.